The van der Waals surface area contributed by atoms with E-state index in [-0.39, 0.29) is 18.8 Å². The number of anilines is 3. The molecule has 0 spiro atoms. The van der Waals surface area contributed by atoms with Gasteiger partial charge in [-0.25, -0.2) is 18.7 Å². The lowest BCUT2D eigenvalue weighted by molar-refractivity contribution is 0.0326. The van der Waals surface area contributed by atoms with Crippen molar-refractivity contribution in [2.75, 3.05) is 30.0 Å². The quantitative estimate of drug-likeness (QED) is 0.566. The van der Waals surface area contributed by atoms with E-state index < -0.39 is 11.6 Å². The molecule has 6 N–H and O–H groups in total. The number of hydrogen-bond donors (Lipinski definition) is 4. The second kappa shape index (κ2) is 9.99. The number of nitrogens with zero attached hydrogens (tertiary/aromatic N) is 2. The number of nitrogens with one attached hydrogen (secondary N) is 1. The van der Waals surface area contributed by atoms with Crippen LogP contribution in [0.15, 0.2) is 18.2 Å². The Hall–Kier alpha value is -2.52. The Kier molecular flexibility index (Phi) is 7.38. The lowest BCUT2D eigenvalue weighted by Crippen LogP contribution is -2.21. The first-order chi connectivity index (χ1) is 14.4. The largest absolute Gasteiger partial charge is 0.394 e. The number of rotatable bonds is 6. The standard InChI is InChI=1S/C12H21N5O2.C9H8F2/c1-7-15-11(14)10(13)12(16-7)17-8-2-3-9(6-8)19-5-4-18;10-8-4-3-7(5-9(8)11)6-1-2-6/h8-9,18H,2-6,13H2,1H3,(H3,14,15,16,17);3-6H,1-2H2. The summed E-state index contributed by atoms with van der Waals surface area (Å²) in [6.07, 6.45) is 5.25. The van der Waals surface area contributed by atoms with Gasteiger partial charge in [-0.2, -0.15) is 0 Å². The molecule has 1 heterocycles. The second-order valence-electron chi connectivity index (χ2n) is 7.74. The zero-order valence-electron chi connectivity index (χ0n) is 17.1. The maximum absolute atomic E-state index is 12.6. The smallest absolute Gasteiger partial charge is 0.159 e. The predicted octanol–water partition coefficient (Wildman–Crippen LogP) is 3.13. The molecule has 7 nitrogen and oxygen atoms in total. The van der Waals surface area contributed by atoms with Crippen LogP contribution in [0.2, 0.25) is 0 Å². The fourth-order valence-corrected chi connectivity index (χ4v) is 3.53. The Morgan fingerprint density at radius 2 is 1.90 bits per heavy atom. The first-order valence-corrected chi connectivity index (χ1v) is 10.2. The highest BCUT2D eigenvalue weighted by atomic mass is 19.2. The molecule has 2 unspecified atom stereocenters. The summed E-state index contributed by atoms with van der Waals surface area (Å²) in [5.41, 5.74) is 12.9. The monoisotopic (exact) mass is 421 g/mol. The first-order valence-electron chi connectivity index (χ1n) is 10.2. The van der Waals surface area contributed by atoms with Crippen molar-refractivity contribution in [2.45, 2.75) is 57.1 Å². The SMILES string of the molecule is Cc1nc(N)c(N)c(NC2CCC(OCCO)C2)n1.Fc1ccc(C2CC2)cc1F. The Balaban J connectivity index is 0.000000196. The van der Waals surface area contributed by atoms with Gasteiger partial charge in [-0.1, -0.05) is 6.07 Å². The molecule has 9 heteroatoms. The van der Waals surface area contributed by atoms with Gasteiger partial charge in [0.25, 0.3) is 0 Å². The van der Waals surface area contributed by atoms with Crippen LogP contribution in [0.4, 0.5) is 26.1 Å². The van der Waals surface area contributed by atoms with Crippen LogP contribution in [0.3, 0.4) is 0 Å². The van der Waals surface area contributed by atoms with E-state index in [0.29, 0.717) is 35.7 Å². The normalized spacial score (nSPS) is 20.5. The van der Waals surface area contributed by atoms with Gasteiger partial charge in [0.05, 0.1) is 19.3 Å². The molecule has 1 aromatic carbocycles. The summed E-state index contributed by atoms with van der Waals surface area (Å²) in [5, 5.41) is 12.0. The molecule has 2 saturated carbocycles. The van der Waals surface area contributed by atoms with E-state index in [1.165, 1.54) is 12.1 Å². The molecule has 30 heavy (non-hydrogen) atoms. The van der Waals surface area contributed by atoms with Crippen molar-refractivity contribution >= 4 is 17.3 Å². The zero-order chi connectivity index (χ0) is 21.7. The van der Waals surface area contributed by atoms with Crippen LogP contribution >= 0.6 is 0 Å². The van der Waals surface area contributed by atoms with E-state index in [1.54, 1.807) is 13.0 Å². The van der Waals surface area contributed by atoms with Gasteiger partial charge >= 0.3 is 0 Å². The van der Waals surface area contributed by atoms with Crippen molar-refractivity contribution < 1.29 is 18.6 Å². The number of benzene rings is 1. The van der Waals surface area contributed by atoms with Crippen LogP contribution in [0.5, 0.6) is 0 Å². The van der Waals surface area contributed by atoms with E-state index in [1.807, 2.05) is 0 Å². The molecule has 0 radical (unpaired) electrons. The summed E-state index contributed by atoms with van der Waals surface area (Å²) in [4.78, 5) is 8.29. The number of ether oxygens (including phenoxy) is 1. The van der Waals surface area contributed by atoms with Gasteiger partial charge in [-0.05, 0) is 62.6 Å². The number of nitrogen functional groups attached to an aromatic ring is 2. The van der Waals surface area contributed by atoms with Gasteiger partial charge in [0.15, 0.2) is 23.3 Å². The molecule has 1 aromatic heterocycles. The average molecular weight is 421 g/mol. The molecular formula is C21H29F2N5O2. The molecule has 2 aliphatic carbocycles. The molecule has 0 saturated heterocycles. The summed E-state index contributed by atoms with van der Waals surface area (Å²) in [6.45, 7) is 2.23. The van der Waals surface area contributed by atoms with Crippen molar-refractivity contribution in [1.82, 2.24) is 9.97 Å². The van der Waals surface area contributed by atoms with Crippen LogP contribution < -0.4 is 16.8 Å². The van der Waals surface area contributed by atoms with Gasteiger partial charge in [0.1, 0.15) is 11.5 Å². The van der Waals surface area contributed by atoms with Crippen molar-refractivity contribution in [1.29, 1.82) is 0 Å². The molecule has 2 atom stereocenters. The van der Waals surface area contributed by atoms with E-state index >= 15 is 0 Å². The Bertz CT molecular complexity index is 864. The number of halogens is 2. The molecule has 164 valence electrons. The van der Waals surface area contributed by atoms with Gasteiger partial charge < -0.3 is 26.6 Å². The third-order valence-electron chi connectivity index (χ3n) is 5.25. The summed E-state index contributed by atoms with van der Waals surface area (Å²) < 4.78 is 30.5. The molecular weight excluding hydrogens is 392 g/mol. The summed E-state index contributed by atoms with van der Waals surface area (Å²) in [6, 6.07) is 4.42. The highest BCUT2D eigenvalue weighted by Gasteiger charge is 2.26. The number of aryl methyl sites for hydroxylation is 1. The molecule has 2 fully saturated rings. The summed E-state index contributed by atoms with van der Waals surface area (Å²) in [5.74, 6) is 0.507. The van der Waals surface area contributed by atoms with E-state index in [0.717, 1.165) is 37.7 Å². The zero-order valence-corrected chi connectivity index (χ0v) is 17.1. The highest BCUT2D eigenvalue weighted by Crippen LogP contribution is 2.40. The van der Waals surface area contributed by atoms with Crippen LogP contribution in [0.25, 0.3) is 0 Å². The maximum atomic E-state index is 12.6. The van der Waals surface area contributed by atoms with Gasteiger partial charge in [0.2, 0.25) is 0 Å². The molecule has 2 aromatic rings. The van der Waals surface area contributed by atoms with Crippen molar-refractivity contribution in [2.24, 2.45) is 0 Å². The van der Waals surface area contributed by atoms with E-state index in [9.17, 15) is 8.78 Å². The van der Waals surface area contributed by atoms with Gasteiger partial charge in [0, 0.05) is 6.04 Å². The Morgan fingerprint density at radius 3 is 2.57 bits per heavy atom. The number of aromatic nitrogens is 2. The number of aliphatic hydroxyl groups excluding tert-OH is 1. The fraction of sp³-hybridized carbons (Fsp3) is 0.524. The first kappa shape index (κ1) is 22.2. The fourth-order valence-electron chi connectivity index (χ4n) is 3.53. The van der Waals surface area contributed by atoms with Crippen LogP contribution in [0, 0.1) is 18.6 Å². The summed E-state index contributed by atoms with van der Waals surface area (Å²) >= 11 is 0. The molecule has 4 rings (SSSR count). The topological polar surface area (TPSA) is 119 Å². The van der Waals surface area contributed by atoms with Crippen molar-refractivity contribution in [3.8, 4) is 0 Å². The molecule has 2 aliphatic rings. The lowest BCUT2D eigenvalue weighted by atomic mass is 10.1. The highest BCUT2D eigenvalue weighted by molar-refractivity contribution is 5.72. The summed E-state index contributed by atoms with van der Waals surface area (Å²) in [7, 11) is 0. The molecule has 0 amide bonds. The van der Waals surface area contributed by atoms with Crippen LogP contribution in [-0.2, 0) is 4.74 Å². The molecule has 0 bridgehead atoms. The van der Waals surface area contributed by atoms with Crippen molar-refractivity contribution in [3.05, 3.63) is 41.2 Å². The average Bonchev–Trinajstić information content (AvgIpc) is 3.47. The third-order valence-corrected chi connectivity index (χ3v) is 5.25. The van der Waals surface area contributed by atoms with Crippen molar-refractivity contribution in [3.63, 3.8) is 0 Å². The molecule has 0 aliphatic heterocycles. The van der Waals surface area contributed by atoms with E-state index in [2.05, 4.69) is 15.3 Å². The Labute approximate surface area is 174 Å². The number of aliphatic hydroxyl groups is 1. The minimum absolute atomic E-state index is 0.0587. The Morgan fingerprint density at radius 1 is 1.13 bits per heavy atom. The number of nitrogens with two attached hydrogens (primary N) is 2. The van der Waals surface area contributed by atoms with Crippen LogP contribution in [-0.4, -0.2) is 40.4 Å². The van der Waals surface area contributed by atoms with Crippen LogP contribution in [0.1, 0.15) is 49.4 Å². The van der Waals surface area contributed by atoms with E-state index in [4.69, 9.17) is 21.3 Å². The second-order valence-corrected chi connectivity index (χ2v) is 7.74. The van der Waals surface area contributed by atoms with Gasteiger partial charge in [-0.15, -0.1) is 0 Å². The maximum Gasteiger partial charge on any atom is 0.159 e. The van der Waals surface area contributed by atoms with Gasteiger partial charge in [-0.3, -0.25) is 0 Å². The lowest BCUT2D eigenvalue weighted by Gasteiger charge is -2.16. The minimum Gasteiger partial charge on any atom is -0.394 e. The third kappa shape index (κ3) is 5.99. The minimum atomic E-state index is -0.755. The predicted molar refractivity (Wildman–Crippen MR) is 112 cm³/mol. The number of hydrogen-bond acceptors (Lipinski definition) is 7.